The minimum Gasteiger partial charge on any atom is -0.278 e. The Bertz CT molecular complexity index is 1140. The van der Waals surface area contributed by atoms with E-state index in [-0.39, 0.29) is 18.0 Å². The maximum Gasteiger partial charge on any atom is 0.278 e. The summed E-state index contributed by atoms with van der Waals surface area (Å²) in [7, 11) is 0. The predicted molar refractivity (Wildman–Crippen MR) is 107 cm³/mol. The van der Waals surface area contributed by atoms with E-state index in [1.165, 1.54) is 17.4 Å². The number of aryl methyl sites for hydroxylation is 2. The van der Waals surface area contributed by atoms with Gasteiger partial charge in [0.15, 0.2) is 5.13 Å². The second-order valence-electron chi connectivity index (χ2n) is 6.32. The minimum atomic E-state index is -0.400. The normalized spacial score (nSPS) is 11.1. The zero-order valence-corrected chi connectivity index (χ0v) is 16.3. The molecule has 1 amide bonds. The number of hydrogen-bond donors (Lipinski definition) is 0. The molecule has 6 nitrogen and oxygen atoms in total. The zero-order valence-electron chi connectivity index (χ0n) is 15.5. The van der Waals surface area contributed by atoms with Crippen molar-refractivity contribution in [2.24, 2.45) is 0 Å². The van der Waals surface area contributed by atoms with Crippen LogP contribution in [0.5, 0.6) is 0 Å². The summed E-state index contributed by atoms with van der Waals surface area (Å²) in [6.45, 7) is 4.63. The van der Waals surface area contributed by atoms with Crippen LogP contribution in [0.25, 0.3) is 10.2 Å². The Morgan fingerprint density at radius 1 is 1.29 bits per heavy atom. The second-order valence-corrected chi connectivity index (χ2v) is 7.33. The smallest absolute Gasteiger partial charge is 0.278 e. The van der Waals surface area contributed by atoms with Crippen LogP contribution in [0, 0.1) is 12.7 Å². The fourth-order valence-corrected chi connectivity index (χ4v) is 3.99. The lowest BCUT2D eigenvalue weighted by molar-refractivity contribution is 0.0975. The van der Waals surface area contributed by atoms with Gasteiger partial charge in [-0.25, -0.2) is 9.37 Å². The molecular weight excluding hydrogens is 377 g/mol. The number of hydrogen-bond acceptors (Lipinski definition) is 5. The number of anilines is 1. The molecule has 0 saturated carbocycles. The molecule has 0 aliphatic rings. The molecule has 0 bridgehead atoms. The number of amides is 1. The molecule has 142 valence electrons. The van der Waals surface area contributed by atoms with Crippen LogP contribution in [0.3, 0.4) is 0 Å². The lowest BCUT2D eigenvalue weighted by Crippen LogP contribution is -2.32. The predicted octanol–water partition coefficient (Wildman–Crippen LogP) is 4.20. The Morgan fingerprint density at radius 3 is 2.86 bits per heavy atom. The van der Waals surface area contributed by atoms with E-state index in [2.05, 4.69) is 15.1 Å². The summed E-state index contributed by atoms with van der Waals surface area (Å²) in [5.41, 5.74) is 2.37. The monoisotopic (exact) mass is 395 g/mol. The van der Waals surface area contributed by atoms with Gasteiger partial charge in [-0.1, -0.05) is 23.5 Å². The topological polar surface area (TPSA) is 63.9 Å². The molecule has 4 aromatic rings. The molecule has 28 heavy (non-hydrogen) atoms. The molecule has 3 heterocycles. The average molecular weight is 395 g/mol. The molecule has 0 saturated heterocycles. The summed E-state index contributed by atoms with van der Waals surface area (Å²) in [6, 6.07) is 10.3. The van der Waals surface area contributed by atoms with Gasteiger partial charge in [0.1, 0.15) is 17.0 Å². The lowest BCUT2D eigenvalue weighted by Gasteiger charge is -2.20. The van der Waals surface area contributed by atoms with Gasteiger partial charge in [-0.15, -0.1) is 0 Å². The molecule has 0 unspecified atom stereocenters. The second kappa shape index (κ2) is 7.47. The van der Waals surface area contributed by atoms with Crippen molar-refractivity contribution >= 4 is 32.6 Å². The number of pyridine rings is 1. The van der Waals surface area contributed by atoms with Gasteiger partial charge < -0.3 is 0 Å². The number of rotatable bonds is 5. The number of aromatic nitrogens is 4. The molecule has 0 aliphatic heterocycles. The van der Waals surface area contributed by atoms with E-state index in [4.69, 9.17) is 0 Å². The third-order valence-electron chi connectivity index (χ3n) is 4.32. The van der Waals surface area contributed by atoms with E-state index in [1.54, 1.807) is 40.2 Å². The quantitative estimate of drug-likeness (QED) is 0.508. The number of carbonyl (C=O) groups is 1. The highest BCUT2D eigenvalue weighted by Crippen LogP contribution is 2.32. The van der Waals surface area contributed by atoms with Crippen molar-refractivity contribution in [2.45, 2.75) is 26.9 Å². The first-order chi connectivity index (χ1) is 13.6. The summed E-state index contributed by atoms with van der Waals surface area (Å²) >= 11 is 1.29. The van der Waals surface area contributed by atoms with E-state index < -0.39 is 5.82 Å². The van der Waals surface area contributed by atoms with Crippen LogP contribution in [0.2, 0.25) is 0 Å². The molecule has 0 aliphatic carbocycles. The number of benzene rings is 1. The van der Waals surface area contributed by atoms with Crippen LogP contribution in [0.1, 0.15) is 28.7 Å². The van der Waals surface area contributed by atoms with Gasteiger partial charge in [-0.05, 0) is 43.7 Å². The fourth-order valence-electron chi connectivity index (χ4n) is 3.02. The molecule has 0 N–H and O–H groups in total. The Morgan fingerprint density at radius 2 is 2.14 bits per heavy atom. The zero-order chi connectivity index (χ0) is 19.7. The standard InChI is InChI=1S/C20H18FN5OS/c1-3-26-16(10-13(2)24-26)19(27)25(12-14-6-5-9-22-11-14)20-23-18-15(21)7-4-8-17(18)28-20/h4-11H,3,12H2,1-2H3. The number of halogens is 1. The fraction of sp³-hybridized carbons (Fsp3) is 0.200. The van der Waals surface area contributed by atoms with Crippen LogP contribution in [0.4, 0.5) is 9.52 Å². The maximum absolute atomic E-state index is 14.2. The van der Waals surface area contributed by atoms with Gasteiger partial charge in [0, 0.05) is 18.9 Å². The van der Waals surface area contributed by atoms with Crippen LogP contribution >= 0.6 is 11.3 Å². The lowest BCUT2D eigenvalue weighted by atomic mass is 10.2. The van der Waals surface area contributed by atoms with Gasteiger partial charge in [-0.3, -0.25) is 19.4 Å². The van der Waals surface area contributed by atoms with Gasteiger partial charge >= 0.3 is 0 Å². The third kappa shape index (κ3) is 3.38. The number of carbonyl (C=O) groups excluding carboxylic acids is 1. The molecule has 0 atom stereocenters. The Labute approximate surface area is 165 Å². The molecule has 3 aromatic heterocycles. The Hall–Kier alpha value is -3.13. The SMILES string of the molecule is CCn1nc(C)cc1C(=O)N(Cc1cccnc1)c1nc2c(F)cccc2s1. The molecule has 4 rings (SSSR count). The van der Waals surface area contributed by atoms with E-state index in [0.717, 1.165) is 11.3 Å². The maximum atomic E-state index is 14.2. The number of nitrogens with zero attached hydrogens (tertiary/aromatic N) is 5. The van der Waals surface area contributed by atoms with Gasteiger partial charge in [0.2, 0.25) is 0 Å². The Kier molecular flexibility index (Phi) is 4.87. The number of thiazole rings is 1. The first kappa shape index (κ1) is 18.2. The summed E-state index contributed by atoms with van der Waals surface area (Å²) in [5, 5.41) is 4.81. The van der Waals surface area contributed by atoms with Crippen molar-refractivity contribution in [2.75, 3.05) is 4.90 Å². The van der Waals surface area contributed by atoms with E-state index in [0.29, 0.717) is 22.1 Å². The van der Waals surface area contributed by atoms with Crippen molar-refractivity contribution in [3.8, 4) is 0 Å². The van der Waals surface area contributed by atoms with Gasteiger partial charge in [0.25, 0.3) is 5.91 Å². The average Bonchev–Trinajstić information content (AvgIpc) is 3.30. The summed E-state index contributed by atoms with van der Waals surface area (Å²) in [5.74, 6) is -0.631. The highest BCUT2D eigenvalue weighted by atomic mass is 32.1. The first-order valence-corrected chi connectivity index (χ1v) is 9.68. The highest BCUT2D eigenvalue weighted by molar-refractivity contribution is 7.22. The van der Waals surface area contributed by atoms with Crippen LogP contribution < -0.4 is 4.90 Å². The van der Waals surface area contributed by atoms with E-state index in [1.807, 2.05) is 26.0 Å². The molecule has 0 spiro atoms. The number of fused-ring (bicyclic) bond motifs is 1. The molecular formula is C20H18FN5OS. The van der Waals surface area contributed by atoms with Crippen molar-refractivity contribution in [1.82, 2.24) is 19.7 Å². The van der Waals surface area contributed by atoms with Crippen molar-refractivity contribution < 1.29 is 9.18 Å². The van der Waals surface area contributed by atoms with Crippen molar-refractivity contribution in [1.29, 1.82) is 0 Å². The summed E-state index contributed by atoms with van der Waals surface area (Å²) in [6.07, 6.45) is 3.38. The Balaban J connectivity index is 1.81. The summed E-state index contributed by atoms with van der Waals surface area (Å²) in [4.78, 5) is 23.5. The van der Waals surface area contributed by atoms with Crippen molar-refractivity contribution in [3.05, 3.63) is 71.6 Å². The largest absolute Gasteiger partial charge is 0.278 e. The van der Waals surface area contributed by atoms with Gasteiger partial charge in [0.05, 0.1) is 16.9 Å². The van der Waals surface area contributed by atoms with Crippen molar-refractivity contribution in [3.63, 3.8) is 0 Å². The molecule has 0 fully saturated rings. The first-order valence-electron chi connectivity index (χ1n) is 8.87. The highest BCUT2D eigenvalue weighted by Gasteiger charge is 2.25. The molecule has 8 heteroatoms. The number of para-hydroxylation sites is 1. The van der Waals surface area contributed by atoms with Crippen LogP contribution in [-0.2, 0) is 13.1 Å². The van der Waals surface area contributed by atoms with Crippen LogP contribution in [-0.4, -0.2) is 25.7 Å². The van der Waals surface area contributed by atoms with Crippen LogP contribution in [0.15, 0.2) is 48.8 Å². The van der Waals surface area contributed by atoms with E-state index in [9.17, 15) is 9.18 Å². The minimum absolute atomic E-state index is 0.231. The van der Waals surface area contributed by atoms with Gasteiger partial charge in [-0.2, -0.15) is 5.10 Å². The molecule has 1 aromatic carbocycles. The van der Waals surface area contributed by atoms with E-state index >= 15 is 0 Å². The third-order valence-corrected chi connectivity index (χ3v) is 5.36. The molecule has 0 radical (unpaired) electrons. The summed E-state index contributed by atoms with van der Waals surface area (Å²) < 4.78 is 16.5.